The van der Waals surface area contributed by atoms with Gasteiger partial charge in [-0.2, -0.15) is 0 Å². The van der Waals surface area contributed by atoms with E-state index in [2.05, 4.69) is 25.4 Å². The molecule has 0 amide bonds. The molecule has 1 aliphatic rings. The van der Waals surface area contributed by atoms with Crippen LogP contribution in [0.5, 0.6) is 0 Å². The Morgan fingerprint density at radius 3 is 2.72 bits per heavy atom. The summed E-state index contributed by atoms with van der Waals surface area (Å²) in [7, 11) is 1.77. The van der Waals surface area contributed by atoms with Crippen LogP contribution in [0, 0.1) is 0 Å². The molecule has 3 aromatic rings. The number of nitrogens with one attached hydrogen (secondary N) is 1. The molecule has 0 radical (unpaired) electrons. The lowest BCUT2D eigenvalue weighted by molar-refractivity contribution is 0.0681. The van der Waals surface area contributed by atoms with E-state index in [1.165, 1.54) is 0 Å². The highest BCUT2D eigenvalue weighted by Crippen LogP contribution is 2.30. The summed E-state index contributed by atoms with van der Waals surface area (Å²) in [6.45, 7) is 0. The van der Waals surface area contributed by atoms with Gasteiger partial charge in [0.2, 0.25) is 5.95 Å². The van der Waals surface area contributed by atoms with Gasteiger partial charge < -0.3 is 20.3 Å². The number of nitrogens with zero attached hydrogens (tertiary/aromatic N) is 4. The number of hydrogen-bond donors (Lipinski definition) is 2. The van der Waals surface area contributed by atoms with Gasteiger partial charge in [0, 0.05) is 36.7 Å². The normalized spacial score (nSPS) is 20.7. The predicted octanol–water partition coefficient (Wildman–Crippen LogP) is 2.63. The highest BCUT2D eigenvalue weighted by molar-refractivity contribution is 5.98. The van der Waals surface area contributed by atoms with Gasteiger partial charge in [-0.15, -0.1) is 0 Å². The van der Waals surface area contributed by atoms with Crippen LogP contribution in [0.1, 0.15) is 25.7 Å². The maximum absolute atomic E-state index is 5.98. The van der Waals surface area contributed by atoms with Crippen molar-refractivity contribution >= 4 is 22.7 Å². The van der Waals surface area contributed by atoms with Crippen molar-refractivity contribution in [3.63, 3.8) is 0 Å². The van der Waals surface area contributed by atoms with Crippen LogP contribution in [-0.4, -0.2) is 39.4 Å². The van der Waals surface area contributed by atoms with Crippen molar-refractivity contribution in [1.29, 1.82) is 0 Å². The average Bonchev–Trinajstić information content (AvgIpc) is 3.17. The Balaban J connectivity index is 1.64. The number of methoxy groups -OCH3 is 1. The van der Waals surface area contributed by atoms with Crippen molar-refractivity contribution in [2.24, 2.45) is 0 Å². The van der Waals surface area contributed by atoms with E-state index in [-0.39, 0.29) is 0 Å². The Hall–Kier alpha value is -2.74. The molecular formula is C17H20N6O2. The Morgan fingerprint density at radius 1 is 1.16 bits per heavy atom. The molecule has 8 heteroatoms. The van der Waals surface area contributed by atoms with Crippen LogP contribution in [0.4, 0.5) is 11.8 Å². The minimum absolute atomic E-state index is 0.349. The molecule has 1 saturated carbocycles. The number of hydrogen-bond acceptors (Lipinski definition) is 8. The average molecular weight is 340 g/mol. The highest BCUT2D eigenvalue weighted by atomic mass is 16.5. The van der Waals surface area contributed by atoms with Gasteiger partial charge in [-0.1, -0.05) is 5.16 Å². The van der Waals surface area contributed by atoms with E-state index < -0.39 is 0 Å². The molecule has 0 aliphatic heterocycles. The Kier molecular flexibility index (Phi) is 4.19. The minimum Gasteiger partial charge on any atom is -0.383 e. The summed E-state index contributed by atoms with van der Waals surface area (Å²) in [5.74, 6) is 0.999. The first-order chi connectivity index (χ1) is 12.2. The molecule has 0 aromatic carbocycles. The topological polar surface area (TPSA) is 112 Å². The number of nitrogen functional groups attached to an aromatic ring is 1. The number of fused-ring (bicyclic) bond motifs is 1. The van der Waals surface area contributed by atoms with Gasteiger partial charge in [-0.05, 0) is 25.7 Å². The van der Waals surface area contributed by atoms with E-state index in [0.29, 0.717) is 29.3 Å². The molecule has 4 rings (SSSR count). The SMILES string of the molecule is COC1CCC(Nc2ncc3c(N)ncc(-c4cnoc4)c3n2)CC1. The zero-order chi connectivity index (χ0) is 17.2. The van der Waals surface area contributed by atoms with Crippen LogP contribution in [-0.2, 0) is 4.74 Å². The molecule has 0 unspecified atom stereocenters. The lowest BCUT2D eigenvalue weighted by Gasteiger charge is -2.28. The fourth-order valence-electron chi connectivity index (χ4n) is 3.28. The molecule has 25 heavy (non-hydrogen) atoms. The Morgan fingerprint density at radius 2 is 2.00 bits per heavy atom. The minimum atomic E-state index is 0.349. The second kappa shape index (κ2) is 6.64. The number of pyridine rings is 1. The summed E-state index contributed by atoms with van der Waals surface area (Å²) in [6, 6.07) is 0.349. The number of aromatic nitrogens is 4. The molecule has 3 aromatic heterocycles. The maximum Gasteiger partial charge on any atom is 0.223 e. The fourth-order valence-corrected chi connectivity index (χ4v) is 3.28. The highest BCUT2D eigenvalue weighted by Gasteiger charge is 2.21. The molecule has 1 fully saturated rings. The van der Waals surface area contributed by atoms with E-state index in [9.17, 15) is 0 Å². The standard InChI is InChI=1S/C17H20N6O2/c1-24-12-4-2-11(3-5-12)22-17-20-8-14-15(23-17)13(7-19-16(14)18)10-6-21-25-9-10/h6-9,11-12H,2-5H2,1H3,(H2,18,19)(H,20,22,23). The van der Waals surface area contributed by atoms with Crippen molar-refractivity contribution in [3.8, 4) is 11.1 Å². The first kappa shape index (κ1) is 15.8. The van der Waals surface area contributed by atoms with Crippen LogP contribution in [0.3, 0.4) is 0 Å². The van der Waals surface area contributed by atoms with Crippen molar-refractivity contribution in [2.45, 2.75) is 37.8 Å². The molecule has 0 bridgehead atoms. The number of nitrogens with two attached hydrogens (primary N) is 1. The second-order valence-corrected chi connectivity index (χ2v) is 6.28. The van der Waals surface area contributed by atoms with E-state index in [1.807, 2.05) is 0 Å². The first-order valence-corrected chi connectivity index (χ1v) is 8.35. The summed E-state index contributed by atoms with van der Waals surface area (Å²) in [5, 5.41) is 7.90. The molecule has 130 valence electrons. The number of rotatable bonds is 4. The van der Waals surface area contributed by atoms with Crippen LogP contribution in [0.25, 0.3) is 22.0 Å². The van der Waals surface area contributed by atoms with Gasteiger partial charge in [0.05, 0.1) is 23.2 Å². The Labute approximate surface area is 144 Å². The summed E-state index contributed by atoms with van der Waals surface area (Å²) in [6.07, 6.45) is 11.1. The third-order valence-corrected chi connectivity index (χ3v) is 4.74. The van der Waals surface area contributed by atoms with E-state index in [4.69, 9.17) is 15.0 Å². The summed E-state index contributed by atoms with van der Waals surface area (Å²) < 4.78 is 10.4. The van der Waals surface area contributed by atoms with Gasteiger partial charge in [-0.25, -0.2) is 15.0 Å². The molecule has 8 nitrogen and oxygen atoms in total. The lowest BCUT2D eigenvalue weighted by atomic mass is 9.93. The smallest absolute Gasteiger partial charge is 0.223 e. The monoisotopic (exact) mass is 340 g/mol. The van der Waals surface area contributed by atoms with Gasteiger partial charge in [0.15, 0.2) is 0 Å². The zero-order valence-corrected chi connectivity index (χ0v) is 14.0. The van der Waals surface area contributed by atoms with Gasteiger partial charge in [0.25, 0.3) is 0 Å². The van der Waals surface area contributed by atoms with E-state index >= 15 is 0 Å². The van der Waals surface area contributed by atoms with E-state index in [0.717, 1.165) is 42.3 Å². The number of anilines is 2. The van der Waals surface area contributed by atoms with Crippen LogP contribution in [0.2, 0.25) is 0 Å². The maximum atomic E-state index is 5.98. The van der Waals surface area contributed by atoms with Crippen LogP contribution < -0.4 is 11.1 Å². The third kappa shape index (κ3) is 3.12. The Bertz CT molecular complexity index is 859. The molecule has 3 N–H and O–H groups in total. The quantitative estimate of drug-likeness (QED) is 0.745. The summed E-state index contributed by atoms with van der Waals surface area (Å²) in [4.78, 5) is 13.3. The summed E-state index contributed by atoms with van der Waals surface area (Å²) >= 11 is 0. The zero-order valence-electron chi connectivity index (χ0n) is 14.0. The molecule has 0 saturated heterocycles. The lowest BCUT2D eigenvalue weighted by Crippen LogP contribution is -2.29. The molecule has 0 atom stereocenters. The summed E-state index contributed by atoms with van der Waals surface area (Å²) in [5.41, 5.74) is 8.34. The van der Waals surface area contributed by atoms with Crippen LogP contribution in [0.15, 0.2) is 29.4 Å². The van der Waals surface area contributed by atoms with Crippen LogP contribution >= 0.6 is 0 Å². The molecule has 0 spiro atoms. The molecule has 3 heterocycles. The largest absolute Gasteiger partial charge is 0.383 e. The fraction of sp³-hybridized carbons (Fsp3) is 0.412. The van der Waals surface area contributed by atoms with Crippen molar-refractivity contribution in [2.75, 3.05) is 18.2 Å². The van der Waals surface area contributed by atoms with Crippen molar-refractivity contribution in [3.05, 3.63) is 24.9 Å². The van der Waals surface area contributed by atoms with E-state index in [1.54, 1.807) is 32.0 Å². The first-order valence-electron chi connectivity index (χ1n) is 8.35. The molecule has 1 aliphatic carbocycles. The number of ether oxygens (including phenoxy) is 1. The van der Waals surface area contributed by atoms with Crippen molar-refractivity contribution < 1.29 is 9.26 Å². The molecular weight excluding hydrogens is 320 g/mol. The second-order valence-electron chi connectivity index (χ2n) is 6.28. The van der Waals surface area contributed by atoms with Gasteiger partial charge in [0.1, 0.15) is 12.1 Å². The van der Waals surface area contributed by atoms with Gasteiger partial charge >= 0.3 is 0 Å². The predicted molar refractivity (Wildman–Crippen MR) is 93.9 cm³/mol. The third-order valence-electron chi connectivity index (χ3n) is 4.74. The van der Waals surface area contributed by atoms with Crippen molar-refractivity contribution in [1.82, 2.24) is 20.1 Å². The van der Waals surface area contributed by atoms with Gasteiger partial charge in [-0.3, -0.25) is 0 Å².